The van der Waals surface area contributed by atoms with E-state index >= 15 is 0 Å². The molecule has 1 aliphatic carbocycles. The number of likely N-dealkylation sites (tertiary alicyclic amines) is 1. The number of nitrogens with zero attached hydrogens (tertiary/aromatic N) is 2. The van der Waals surface area contributed by atoms with E-state index in [1.54, 1.807) is 30.9 Å². The number of rotatable bonds is 7. The third kappa shape index (κ3) is 4.80. The molecule has 1 heterocycles. The normalized spacial score (nSPS) is 18.1. The first-order chi connectivity index (χ1) is 13.8. The molecule has 1 aromatic carbocycles. The van der Waals surface area contributed by atoms with Crippen LogP contribution in [0.1, 0.15) is 55.5 Å². The molecule has 2 aliphatic rings. The Kier molecular flexibility index (Phi) is 6.63. The molecule has 29 heavy (non-hydrogen) atoms. The first-order valence-electron chi connectivity index (χ1n) is 10.5. The highest BCUT2D eigenvalue weighted by molar-refractivity contribution is 7.89. The number of sulfonamides is 1. The van der Waals surface area contributed by atoms with Crippen molar-refractivity contribution in [3.63, 3.8) is 0 Å². The molecular formula is C21H31N3O4S. The van der Waals surface area contributed by atoms with Crippen LogP contribution in [0.15, 0.2) is 23.1 Å². The predicted molar refractivity (Wildman–Crippen MR) is 111 cm³/mol. The molecule has 160 valence electrons. The van der Waals surface area contributed by atoms with Gasteiger partial charge in [-0.3, -0.25) is 9.59 Å². The zero-order valence-electron chi connectivity index (χ0n) is 17.5. The van der Waals surface area contributed by atoms with Crippen molar-refractivity contribution in [2.45, 2.75) is 57.4 Å². The minimum Gasteiger partial charge on any atom is -0.353 e. The van der Waals surface area contributed by atoms with Crippen LogP contribution in [0.5, 0.6) is 0 Å². The number of piperidine rings is 1. The Balaban J connectivity index is 1.70. The maximum absolute atomic E-state index is 13.1. The topological polar surface area (TPSA) is 86.8 Å². The smallest absolute Gasteiger partial charge is 0.254 e. The van der Waals surface area contributed by atoms with Gasteiger partial charge in [-0.15, -0.1) is 0 Å². The van der Waals surface area contributed by atoms with Gasteiger partial charge in [0.15, 0.2) is 0 Å². The molecule has 1 aromatic rings. The monoisotopic (exact) mass is 421 g/mol. The van der Waals surface area contributed by atoms with Gasteiger partial charge in [-0.2, -0.15) is 4.31 Å². The maximum Gasteiger partial charge on any atom is 0.254 e. The van der Waals surface area contributed by atoms with Crippen molar-refractivity contribution in [3.05, 3.63) is 29.3 Å². The number of hydrogen-bond donors (Lipinski definition) is 1. The third-order valence-corrected chi connectivity index (χ3v) is 7.91. The second-order valence-corrected chi connectivity index (χ2v) is 9.85. The van der Waals surface area contributed by atoms with Gasteiger partial charge in [0.2, 0.25) is 15.9 Å². The lowest BCUT2D eigenvalue weighted by atomic mass is 10.0. The molecule has 3 rings (SSSR count). The molecule has 1 saturated heterocycles. The van der Waals surface area contributed by atoms with Gasteiger partial charge in [0.1, 0.15) is 0 Å². The minimum absolute atomic E-state index is 0.114. The SMILES string of the molecule is CCN(CC)S(=O)(=O)c1ccc(C)c(C(=O)N2CCC(NC(=O)C3CC3)CC2)c1. The molecule has 2 fully saturated rings. The summed E-state index contributed by atoms with van der Waals surface area (Å²) < 4.78 is 27.0. The zero-order valence-corrected chi connectivity index (χ0v) is 18.3. The lowest BCUT2D eigenvalue weighted by Gasteiger charge is -2.33. The van der Waals surface area contributed by atoms with Gasteiger partial charge in [0.05, 0.1) is 4.90 Å². The lowest BCUT2D eigenvalue weighted by Crippen LogP contribution is -2.47. The van der Waals surface area contributed by atoms with Gasteiger partial charge in [-0.05, 0) is 50.3 Å². The second-order valence-electron chi connectivity index (χ2n) is 7.92. The Morgan fingerprint density at radius 3 is 2.28 bits per heavy atom. The Labute approximate surface area is 173 Å². The maximum atomic E-state index is 13.1. The summed E-state index contributed by atoms with van der Waals surface area (Å²) in [6, 6.07) is 4.89. The van der Waals surface area contributed by atoms with Crippen molar-refractivity contribution in [2.75, 3.05) is 26.2 Å². The van der Waals surface area contributed by atoms with Crippen LogP contribution in [0.2, 0.25) is 0 Å². The van der Waals surface area contributed by atoms with Crippen molar-refractivity contribution < 1.29 is 18.0 Å². The number of carbonyl (C=O) groups is 2. The average molecular weight is 422 g/mol. The van der Waals surface area contributed by atoms with E-state index < -0.39 is 10.0 Å². The van der Waals surface area contributed by atoms with Crippen molar-refractivity contribution in [1.29, 1.82) is 0 Å². The molecule has 1 aliphatic heterocycles. The van der Waals surface area contributed by atoms with E-state index in [0.29, 0.717) is 31.7 Å². The van der Waals surface area contributed by atoms with E-state index in [-0.39, 0.29) is 28.7 Å². The Bertz CT molecular complexity index is 868. The molecule has 1 saturated carbocycles. The molecule has 0 atom stereocenters. The first-order valence-corrected chi connectivity index (χ1v) is 11.9. The second kappa shape index (κ2) is 8.83. The van der Waals surface area contributed by atoms with Crippen LogP contribution in [0, 0.1) is 12.8 Å². The molecule has 0 radical (unpaired) electrons. The molecule has 8 heteroatoms. The number of carbonyl (C=O) groups excluding carboxylic acids is 2. The van der Waals surface area contributed by atoms with Crippen molar-refractivity contribution in [2.24, 2.45) is 5.92 Å². The summed E-state index contributed by atoms with van der Waals surface area (Å²) in [6.45, 7) is 7.30. The highest BCUT2D eigenvalue weighted by Gasteiger charge is 2.33. The molecular weight excluding hydrogens is 390 g/mol. The fourth-order valence-corrected chi connectivity index (χ4v) is 5.25. The first kappa shape index (κ1) is 21.8. The number of nitrogens with one attached hydrogen (secondary N) is 1. The van der Waals surface area contributed by atoms with Crippen LogP contribution in [-0.4, -0.2) is 61.7 Å². The van der Waals surface area contributed by atoms with Gasteiger partial charge in [-0.25, -0.2) is 8.42 Å². The summed E-state index contributed by atoms with van der Waals surface area (Å²) in [6.07, 6.45) is 3.41. The van der Waals surface area contributed by atoms with E-state index in [9.17, 15) is 18.0 Å². The van der Waals surface area contributed by atoms with Gasteiger partial charge in [-0.1, -0.05) is 19.9 Å². The summed E-state index contributed by atoms with van der Waals surface area (Å²) in [5, 5.41) is 3.08. The summed E-state index contributed by atoms with van der Waals surface area (Å²) in [7, 11) is -3.61. The Hall–Kier alpha value is -1.93. The molecule has 0 spiro atoms. The molecule has 0 unspecified atom stereocenters. The molecule has 7 nitrogen and oxygen atoms in total. The number of amides is 2. The highest BCUT2D eigenvalue weighted by Crippen LogP contribution is 2.29. The molecule has 2 amide bonds. The van der Waals surface area contributed by atoms with Crippen LogP contribution < -0.4 is 5.32 Å². The van der Waals surface area contributed by atoms with Gasteiger partial charge >= 0.3 is 0 Å². The highest BCUT2D eigenvalue weighted by atomic mass is 32.2. The summed E-state index contributed by atoms with van der Waals surface area (Å²) in [5.41, 5.74) is 1.19. The van der Waals surface area contributed by atoms with E-state index in [1.165, 1.54) is 10.4 Å². The van der Waals surface area contributed by atoms with E-state index in [1.807, 2.05) is 6.92 Å². The number of hydrogen-bond acceptors (Lipinski definition) is 4. The van der Waals surface area contributed by atoms with Crippen molar-refractivity contribution in [1.82, 2.24) is 14.5 Å². The minimum atomic E-state index is -3.61. The number of aryl methyl sites for hydroxylation is 1. The molecule has 1 N–H and O–H groups in total. The van der Waals surface area contributed by atoms with E-state index in [4.69, 9.17) is 0 Å². The Morgan fingerprint density at radius 2 is 1.72 bits per heavy atom. The van der Waals surface area contributed by atoms with Crippen LogP contribution in [0.3, 0.4) is 0 Å². The van der Waals surface area contributed by atoms with Crippen molar-refractivity contribution >= 4 is 21.8 Å². The molecule has 0 aromatic heterocycles. The number of benzene rings is 1. The largest absolute Gasteiger partial charge is 0.353 e. The van der Waals surface area contributed by atoms with E-state index in [2.05, 4.69) is 5.32 Å². The van der Waals surface area contributed by atoms with Crippen LogP contribution in [0.4, 0.5) is 0 Å². The fourth-order valence-electron chi connectivity index (χ4n) is 3.77. The van der Waals surface area contributed by atoms with Crippen LogP contribution in [0.25, 0.3) is 0 Å². The predicted octanol–water partition coefficient (Wildman–Crippen LogP) is 2.16. The van der Waals surface area contributed by atoms with Crippen molar-refractivity contribution in [3.8, 4) is 0 Å². The summed E-state index contributed by atoms with van der Waals surface area (Å²) in [4.78, 5) is 26.9. The summed E-state index contributed by atoms with van der Waals surface area (Å²) >= 11 is 0. The summed E-state index contributed by atoms with van der Waals surface area (Å²) in [5.74, 6) is 0.179. The lowest BCUT2D eigenvalue weighted by molar-refractivity contribution is -0.123. The van der Waals surface area contributed by atoms with Gasteiger partial charge < -0.3 is 10.2 Å². The van der Waals surface area contributed by atoms with E-state index in [0.717, 1.165) is 31.2 Å². The van der Waals surface area contributed by atoms with Crippen LogP contribution >= 0.6 is 0 Å². The molecule has 0 bridgehead atoms. The van der Waals surface area contributed by atoms with Gasteiger partial charge in [0, 0.05) is 43.7 Å². The zero-order chi connectivity index (χ0) is 21.2. The quantitative estimate of drug-likeness (QED) is 0.731. The Morgan fingerprint density at radius 1 is 1.10 bits per heavy atom. The van der Waals surface area contributed by atoms with Gasteiger partial charge in [0.25, 0.3) is 5.91 Å². The van der Waals surface area contributed by atoms with Crippen LogP contribution in [-0.2, 0) is 14.8 Å². The fraction of sp³-hybridized carbons (Fsp3) is 0.619. The average Bonchev–Trinajstić information content (AvgIpc) is 3.54. The standard InChI is InChI=1S/C21H31N3O4S/c1-4-24(5-2)29(27,28)18-9-6-15(3)19(14-18)21(26)23-12-10-17(11-13-23)22-20(25)16-7-8-16/h6,9,14,16-17H,4-5,7-8,10-13H2,1-3H3,(H,22,25). The third-order valence-electron chi connectivity index (χ3n) is 5.86.